The minimum absolute atomic E-state index is 0.00711. The van der Waals surface area contributed by atoms with Gasteiger partial charge in [0.15, 0.2) is 0 Å². The zero-order valence-electron chi connectivity index (χ0n) is 7.69. The molecule has 1 aliphatic heterocycles. The van der Waals surface area contributed by atoms with Gasteiger partial charge in [0, 0.05) is 11.8 Å². The van der Waals surface area contributed by atoms with Crippen molar-refractivity contribution in [1.29, 1.82) is 0 Å². The topological polar surface area (TPSA) is 66.4 Å². The smallest absolute Gasteiger partial charge is 0.313 e. The largest absolute Gasteiger partial charge is 0.481 e. The van der Waals surface area contributed by atoms with Crippen molar-refractivity contribution in [3.8, 4) is 0 Å². The third kappa shape index (κ3) is 4.76. The van der Waals surface area contributed by atoms with E-state index in [1.54, 1.807) is 0 Å². The van der Waals surface area contributed by atoms with E-state index in [9.17, 15) is 9.59 Å². The summed E-state index contributed by atoms with van der Waals surface area (Å²) in [5.74, 6) is 1.39. The maximum Gasteiger partial charge on any atom is 0.313 e. The molecule has 1 rings (SSSR count). The van der Waals surface area contributed by atoms with Gasteiger partial charge in [0.05, 0.1) is 11.5 Å². The Morgan fingerprint density at radius 2 is 2.29 bits per heavy atom. The molecule has 0 bridgehead atoms. The zero-order chi connectivity index (χ0) is 10.4. The van der Waals surface area contributed by atoms with Gasteiger partial charge in [-0.15, -0.1) is 11.8 Å². The molecule has 1 amide bonds. The van der Waals surface area contributed by atoms with Crippen LogP contribution in [0.25, 0.3) is 0 Å². The van der Waals surface area contributed by atoms with E-state index in [-0.39, 0.29) is 23.5 Å². The standard InChI is InChI=1S/C8H13NO3S2/c10-7(4-14-5-8(11)12)9-6-1-2-13-3-6/h6H,1-5H2,(H,9,10)(H,11,12). The fraction of sp³-hybridized carbons (Fsp3) is 0.750. The summed E-state index contributed by atoms with van der Waals surface area (Å²) in [4.78, 5) is 21.4. The number of carboxylic acid groups (broad SMARTS) is 1. The highest BCUT2D eigenvalue weighted by Crippen LogP contribution is 2.17. The number of amides is 1. The normalized spacial score (nSPS) is 20.7. The first-order valence-electron chi connectivity index (χ1n) is 4.35. The Labute approximate surface area is 91.2 Å². The summed E-state index contributed by atoms with van der Waals surface area (Å²) in [7, 11) is 0. The molecule has 1 heterocycles. The number of carboxylic acids is 1. The van der Waals surface area contributed by atoms with Crippen molar-refractivity contribution in [2.75, 3.05) is 23.0 Å². The Bertz CT molecular complexity index is 217. The second-order valence-corrected chi connectivity index (χ2v) is 5.15. The van der Waals surface area contributed by atoms with Gasteiger partial charge in [-0.1, -0.05) is 0 Å². The van der Waals surface area contributed by atoms with Crippen LogP contribution in [0.2, 0.25) is 0 Å². The predicted octanol–water partition coefficient (Wildman–Crippen LogP) is 0.426. The van der Waals surface area contributed by atoms with Crippen LogP contribution in [0.5, 0.6) is 0 Å². The number of carbonyl (C=O) groups is 2. The molecule has 6 heteroatoms. The summed E-state index contributed by atoms with van der Waals surface area (Å²) >= 11 is 2.97. The third-order valence-electron chi connectivity index (χ3n) is 1.75. The molecule has 0 saturated carbocycles. The molecule has 2 N–H and O–H groups in total. The van der Waals surface area contributed by atoms with Crippen molar-refractivity contribution in [1.82, 2.24) is 5.32 Å². The maximum atomic E-state index is 11.2. The predicted molar refractivity (Wildman–Crippen MR) is 58.8 cm³/mol. The maximum absolute atomic E-state index is 11.2. The minimum atomic E-state index is -0.876. The molecule has 1 saturated heterocycles. The van der Waals surface area contributed by atoms with Crippen LogP contribution in [0, 0.1) is 0 Å². The number of aliphatic carboxylic acids is 1. The Morgan fingerprint density at radius 1 is 1.50 bits per heavy atom. The molecular formula is C8H13NO3S2. The van der Waals surface area contributed by atoms with Crippen LogP contribution >= 0.6 is 23.5 Å². The van der Waals surface area contributed by atoms with Gasteiger partial charge < -0.3 is 10.4 Å². The summed E-state index contributed by atoms with van der Waals surface area (Å²) in [5.41, 5.74) is 0. The van der Waals surface area contributed by atoms with E-state index in [2.05, 4.69) is 5.32 Å². The number of hydrogen-bond acceptors (Lipinski definition) is 4. The molecule has 0 aromatic rings. The van der Waals surface area contributed by atoms with Crippen molar-refractivity contribution < 1.29 is 14.7 Å². The molecule has 0 aliphatic carbocycles. The van der Waals surface area contributed by atoms with Gasteiger partial charge in [-0.3, -0.25) is 9.59 Å². The van der Waals surface area contributed by atoms with Gasteiger partial charge in [-0.2, -0.15) is 11.8 Å². The number of thioether (sulfide) groups is 2. The van der Waals surface area contributed by atoms with Crippen LogP contribution in [0.15, 0.2) is 0 Å². The van der Waals surface area contributed by atoms with Gasteiger partial charge in [0.25, 0.3) is 0 Å². The van der Waals surface area contributed by atoms with E-state index in [1.165, 1.54) is 0 Å². The Hall–Kier alpha value is -0.360. The molecule has 0 aromatic carbocycles. The van der Waals surface area contributed by atoms with E-state index >= 15 is 0 Å². The van der Waals surface area contributed by atoms with Crippen LogP contribution in [0.3, 0.4) is 0 Å². The first kappa shape index (κ1) is 11.7. The van der Waals surface area contributed by atoms with E-state index in [4.69, 9.17) is 5.11 Å². The first-order valence-corrected chi connectivity index (χ1v) is 6.66. The molecule has 0 radical (unpaired) electrons. The van der Waals surface area contributed by atoms with Crippen molar-refractivity contribution in [3.63, 3.8) is 0 Å². The second kappa shape index (κ2) is 6.19. The monoisotopic (exact) mass is 235 g/mol. The van der Waals surface area contributed by atoms with Crippen LogP contribution in [0.4, 0.5) is 0 Å². The van der Waals surface area contributed by atoms with Crippen LogP contribution in [0.1, 0.15) is 6.42 Å². The average Bonchev–Trinajstić information content (AvgIpc) is 2.56. The quantitative estimate of drug-likeness (QED) is 0.723. The fourth-order valence-electron chi connectivity index (χ4n) is 1.15. The Kier molecular flexibility index (Phi) is 5.17. The highest BCUT2D eigenvalue weighted by atomic mass is 32.2. The van der Waals surface area contributed by atoms with Gasteiger partial charge in [-0.05, 0) is 12.2 Å². The van der Waals surface area contributed by atoms with Crippen molar-refractivity contribution in [3.05, 3.63) is 0 Å². The lowest BCUT2D eigenvalue weighted by atomic mass is 10.3. The van der Waals surface area contributed by atoms with E-state index in [1.807, 2.05) is 11.8 Å². The van der Waals surface area contributed by atoms with Gasteiger partial charge >= 0.3 is 5.97 Å². The highest BCUT2D eigenvalue weighted by molar-refractivity contribution is 8.00. The van der Waals surface area contributed by atoms with Crippen molar-refractivity contribution >= 4 is 35.4 Å². The lowest BCUT2D eigenvalue weighted by Crippen LogP contribution is -2.35. The minimum Gasteiger partial charge on any atom is -0.481 e. The van der Waals surface area contributed by atoms with Crippen LogP contribution in [-0.4, -0.2) is 46.0 Å². The molecule has 1 fully saturated rings. The SMILES string of the molecule is O=C(O)CSCC(=O)NC1CCSC1. The molecule has 4 nitrogen and oxygen atoms in total. The number of carbonyl (C=O) groups excluding carboxylic acids is 1. The third-order valence-corrected chi connectivity index (χ3v) is 3.83. The molecule has 0 aromatic heterocycles. The lowest BCUT2D eigenvalue weighted by Gasteiger charge is -2.10. The molecule has 14 heavy (non-hydrogen) atoms. The summed E-state index contributed by atoms with van der Waals surface area (Å²) in [6.45, 7) is 0. The number of nitrogens with one attached hydrogen (secondary N) is 1. The fourth-order valence-corrected chi connectivity index (χ4v) is 2.85. The summed E-state index contributed by atoms with van der Waals surface area (Å²) < 4.78 is 0. The highest BCUT2D eigenvalue weighted by Gasteiger charge is 2.17. The van der Waals surface area contributed by atoms with Crippen LogP contribution < -0.4 is 5.32 Å². The number of rotatable bonds is 5. The molecular weight excluding hydrogens is 222 g/mol. The number of hydrogen-bond donors (Lipinski definition) is 2. The molecule has 1 aliphatic rings. The van der Waals surface area contributed by atoms with Crippen molar-refractivity contribution in [2.45, 2.75) is 12.5 Å². The first-order chi connectivity index (χ1) is 6.68. The zero-order valence-corrected chi connectivity index (χ0v) is 9.33. The van der Waals surface area contributed by atoms with Gasteiger partial charge in [-0.25, -0.2) is 0 Å². The Morgan fingerprint density at radius 3 is 2.86 bits per heavy atom. The van der Waals surface area contributed by atoms with Crippen molar-refractivity contribution in [2.24, 2.45) is 0 Å². The Balaban J connectivity index is 2.06. The molecule has 80 valence electrons. The van der Waals surface area contributed by atoms with Gasteiger partial charge in [0.2, 0.25) is 5.91 Å². The second-order valence-electron chi connectivity index (χ2n) is 3.01. The van der Waals surface area contributed by atoms with E-state index in [0.717, 1.165) is 29.7 Å². The van der Waals surface area contributed by atoms with Crippen LogP contribution in [-0.2, 0) is 9.59 Å². The van der Waals surface area contributed by atoms with E-state index < -0.39 is 5.97 Å². The summed E-state index contributed by atoms with van der Waals surface area (Å²) in [6.07, 6.45) is 1.03. The average molecular weight is 235 g/mol. The summed E-state index contributed by atoms with van der Waals surface area (Å²) in [5, 5.41) is 11.2. The lowest BCUT2D eigenvalue weighted by molar-refractivity contribution is -0.133. The molecule has 1 unspecified atom stereocenters. The molecule has 1 atom stereocenters. The van der Waals surface area contributed by atoms with Gasteiger partial charge in [0.1, 0.15) is 0 Å². The van der Waals surface area contributed by atoms with E-state index in [0.29, 0.717) is 0 Å². The summed E-state index contributed by atoms with van der Waals surface area (Å²) in [6, 6.07) is 0.290. The molecule has 0 spiro atoms.